The number of hydrogen-bond donors (Lipinski definition) is 0. The van der Waals surface area contributed by atoms with E-state index in [-0.39, 0.29) is 53.5 Å². The van der Waals surface area contributed by atoms with E-state index in [1.807, 2.05) is 0 Å². The molecule has 0 N–H and O–H groups in total. The van der Waals surface area contributed by atoms with E-state index in [4.69, 9.17) is 23.4 Å². The summed E-state index contributed by atoms with van der Waals surface area (Å²) in [5.74, 6) is -2.78. The number of hydrogen-bond acceptors (Lipinski definition) is 10. The molecule has 0 amide bonds. The molecule has 1 aromatic heterocycles. The quantitative estimate of drug-likeness (QED) is 0.233. The second-order valence-electron chi connectivity index (χ2n) is 9.91. The van der Waals surface area contributed by atoms with Crippen molar-refractivity contribution in [3.8, 4) is 11.5 Å². The molecular formula is C25H30O10. The molecule has 0 saturated carbocycles. The lowest BCUT2D eigenvalue weighted by atomic mass is 9.97. The Morgan fingerprint density at radius 3 is 2.20 bits per heavy atom. The highest BCUT2D eigenvalue weighted by atomic mass is 16.7. The largest absolute Gasteiger partial charge is 0.463 e. The number of Topliss-reactive ketones (excluding diaryl/α,β-unsaturated/α-hetero) is 1. The van der Waals surface area contributed by atoms with Crippen LogP contribution in [0.1, 0.15) is 74.9 Å². The number of fused-ring (bicyclic) bond motifs is 1. The van der Waals surface area contributed by atoms with Crippen molar-refractivity contribution in [3.05, 3.63) is 33.2 Å². The van der Waals surface area contributed by atoms with Gasteiger partial charge in [-0.2, -0.15) is 0 Å². The van der Waals surface area contributed by atoms with E-state index in [1.165, 1.54) is 20.1 Å². The van der Waals surface area contributed by atoms with Crippen molar-refractivity contribution in [2.24, 2.45) is 5.41 Å². The van der Waals surface area contributed by atoms with Gasteiger partial charge in [-0.1, -0.05) is 0 Å². The Morgan fingerprint density at radius 2 is 1.71 bits per heavy atom. The molecule has 10 nitrogen and oxygen atoms in total. The molecule has 2 rings (SSSR count). The van der Waals surface area contributed by atoms with E-state index in [2.05, 4.69) is 0 Å². The van der Waals surface area contributed by atoms with Crippen LogP contribution in [0.25, 0.3) is 11.0 Å². The Kier molecular flexibility index (Phi) is 8.23. The minimum absolute atomic E-state index is 0.145. The van der Waals surface area contributed by atoms with Crippen LogP contribution in [0.3, 0.4) is 0 Å². The summed E-state index contributed by atoms with van der Waals surface area (Å²) in [5.41, 5.74) is -3.91. The molecule has 0 aliphatic carbocycles. The first kappa shape index (κ1) is 27.7. The number of rotatable bonds is 8. The molecular weight excluding hydrogens is 460 g/mol. The van der Waals surface area contributed by atoms with E-state index < -0.39 is 39.5 Å². The molecule has 0 atom stereocenters. The van der Waals surface area contributed by atoms with Crippen LogP contribution >= 0.6 is 0 Å². The van der Waals surface area contributed by atoms with E-state index >= 15 is 0 Å². The van der Waals surface area contributed by atoms with Crippen molar-refractivity contribution < 1.29 is 42.5 Å². The van der Waals surface area contributed by atoms with Crippen molar-refractivity contribution in [2.75, 3.05) is 13.9 Å². The van der Waals surface area contributed by atoms with Crippen LogP contribution in [0.2, 0.25) is 0 Å². The fourth-order valence-electron chi connectivity index (χ4n) is 2.95. The predicted octanol–water partition coefficient (Wildman–Crippen LogP) is 3.63. The normalized spacial score (nSPS) is 11.8. The standard InChI is InChI=1S/C25H30O10/c1-13(27)9-15-14(11-26)20(28)18-16(33-15)10-17(32-12-31-8)21(34-23(30)24(2,3)4)19(18)22(29)35-25(5,6)7/h10-11H,9,12H2,1-8H3. The minimum atomic E-state index is -1.01. The Labute approximate surface area is 202 Å². The Hall–Kier alpha value is -3.53. The molecule has 0 spiro atoms. The summed E-state index contributed by atoms with van der Waals surface area (Å²) >= 11 is 0. The number of carbonyl (C=O) groups is 4. The molecule has 0 aliphatic rings. The van der Waals surface area contributed by atoms with Crippen LogP contribution < -0.4 is 14.9 Å². The van der Waals surface area contributed by atoms with Crippen molar-refractivity contribution in [3.63, 3.8) is 0 Å². The first-order valence-corrected chi connectivity index (χ1v) is 10.8. The molecule has 190 valence electrons. The Balaban J connectivity index is 3.05. The number of ether oxygens (including phenoxy) is 4. The Morgan fingerprint density at radius 1 is 1.09 bits per heavy atom. The summed E-state index contributed by atoms with van der Waals surface area (Å²) in [5, 5.41) is -0.352. The first-order chi connectivity index (χ1) is 16.1. The van der Waals surface area contributed by atoms with Crippen LogP contribution in [-0.4, -0.2) is 43.5 Å². The number of ketones is 1. The molecule has 2 aromatic rings. The highest BCUT2D eigenvalue weighted by molar-refractivity contribution is 6.08. The highest BCUT2D eigenvalue weighted by Gasteiger charge is 2.34. The maximum atomic E-state index is 13.4. The molecule has 0 aliphatic heterocycles. The summed E-state index contributed by atoms with van der Waals surface area (Å²) in [6.07, 6.45) is -0.0748. The topological polar surface area (TPSA) is 135 Å². The summed E-state index contributed by atoms with van der Waals surface area (Å²) in [7, 11) is 1.36. The molecule has 1 aromatic carbocycles. The van der Waals surface area contributed by atoms with E-state index in [1.54, 1.807) is 41.5 Å². The molecule has 0 bridgehead atoms. The van der Waals surface area contributed by atoms with Gasteiger partial charge >= 0.3 is 11.9 Å². The second kappa shape index (κ2) is 10.4. The fraction of sp³-hybridized carbons (Fsp3) is 0.480. The van der Waals surface area contributed by atoms with Crippen LogP contribution in [0, 0.1) is 5.41 Å². The third-order valence-electron chi connectivity index (χ3n) is 4.48. The van der Waals surface area contributed by atoms with Gasteiger partial charge in [0.2, 0.25) is 5.43 Å². The lowest BCUT2D eigenvalue weighted by Crippen LogP contribution is -2.29. The third kappa shape index (κ3) is 6.54. The monoisotopic (exact) mass is 490 g/mol. The zero-order valence-electron chi connectivity index (χ0n) is 21.2. The average molecular weight is 491 g/mol. The summed E-state index contributed by atoms with van der Waals surface area (Å²) < 4.78 is 27.2. The van der Waals surface area contributed by atoms with E-state index in [0.29, 0.717) is 0 Å². The lowest BCUT2D eigenvalue weighted by molar-refractivity contribution is -0.143. The molecule has 35 heavy (non-hydrogen) atoms. The van der Waals surface area contributed by atoms with Crippen LogP contribution in [0.4, 0.5) is 0 Å². The SMILES string of the molecule is COCOc1cc2oc(CC(C)=O)c(C=O)c(=O)c2c(C(=O)OC(C)(C)C)c1OC(=O)C(C)(C)C. The molecule has 0 unspecified atom stereocenters. The third-order valence-corrected chi connectivity index (χ3v) is 4.48. The van der Waals surface area contributed by atoms with E-state index in [0.717, 1.165) is 0 Å². The van der Waals surface area contributed by atoms with Crippen molar-refractivity contribution in [2.45, 2.75) is 60.5 Å². The number of esters is 2. The molecule has 0 saturated heterocycles. The highest BCUT2D eigenvalue weighted by Crippen LogP contribution is 2.39. The second-order valence-corrected chi connectivity index (χ2v) is 9.91. The Bertz CT molecular complexity index is 1220. The van der Waals surface area contributed by atoms with E-state index in [9.17, 15) is 24.0 Å². The molecule has 1 heterocycles. The zero-order chi connectivity index (χ0) is 26.7. The van der Waals surface area contributed by atoms with Gasteiger partial charge in [0, 0.05) is 13.2 Å². The smallest absolute Gasteiger partial charge is 0.343 e. The summed E-state index contributed by atoms with van der Waals surface area (Å²) in [6, 6.07) is 1.23. The number of benzene rings is 1. The predicted molar refractivity (Wildman–Crippen MR) is 125 cm³/mol. The molecule has 0 radical (unpaired) electrons. The zero-order valence-corrected chi connectivity index (χ0v) is 21.2. The van der Waals surface area contributed by atoms with Crippen LogP contribution in [0.5, 0.6) is 11.5 Å². The maximum absolute atomic E-state index is 13.4. The van der Waals surface area contributed by atoms with Gasteiger partial charge in [0.1, 0.15) is 33.9 Å². The van der Waals surface area contributed by atoms with Gasteiger partial charge in [-0.15, -0.1) is 0 Å². The van der Waals surface area contributed by atoms with Crippen molar-refractivity contribution in [1.29, 1.82) is 0 Å². The van der Waals surface area contributed by atoms with Gasteiger partial charge in [0.15, 0.2) is 24.6 Å². The van der Waals surface area contributed by atoms with Crippen molar-refractivity contribution >= 4 is 35.0 Å². The van der Waals surface area contributed by atoms with Gasteiger partial charge < -0.3 is 23.4 Å². The lowest BCUT2D eigenvalue weighted by Gasteiger charge is -2.23. The van der Waals surface area contributed by atoms with Crippen LogP contribution in [-0.2, 0) is 25.5 Å². The number of aldehydes is 1. The van der Waals surface area contributed by atoms with Crippen molar-refractivity contribution in [1.82, 2.24) is 0 Å². The van der Waals surface area contributed by atoms with Crippen LogP contribution in [0.15, 0.2) is 15.3 Å². The summed E-state index contributed by atoms with van der Waals surface area (Å²) in [4.78, 5) is 63.0. The molecule has 10 heteroatoms. The minimum Gasteiger partial charge on any atom is -0.463 e. The molecule has 0 fully saturated rings. The number of carbonyl (C=O) groups excluding carboxylic acids is 4. The fourth-order valence-corrected chi connectivity index (χ4v) is 2.95. The first-order valence-electron chi connectivity index (χ1n) is 10.8. The maximum Gasteiger partial charge on any atom is 0.343 e. The van der Waals surface area contributed by atoms with Gasteiger partial charge in [0.05, 0.1) is 17.2 Å². The number of methoxy groups -OCH3 is 1. The van der Waals surface area contributed by atoms with Gasteiger partial charge in [-0.25, -0.2) is 4.79 Å². The van der Waals surface area contributed by atoms with Gasteiger partial charge in [-0.05, 0) is 48.5 Å². The van der Waals surface area contributed by atoms with Gasteiger partial charge in [-0.3, -0.25) is 19.2 Å². The summed E-state index contributed by atoms with van der Waals surface area (Å²) in [6.45, 7) is 10.6. The average Bonchev–Trinajstić information content (AvgIpc) is 2.70. The van der Waals surface area contributed by atoms with Gasteiger partial charge in [0.25, 0.3) is 0 Å².